The average Bonchev–Trinajstić information content (AvgIpc) is 2.93. The third kappa shape index (κ3) is 2.49. The highest BCUT2D eigenvalue weighted by atomic mass is 79.9. The van der Waals surface area contributed by atoms with E-state index in [-0.39, 0.29) is 0 Å². The van der Waals surface area contributed by atoms with Gasteiger partial charge in [0.05, 0.1) is 16.3 Å². The lowest BCUT2D eigenvalue weighted by atomic mass is 9.94. The summed E-state index contributed by atoms with van der Waals surface area (Å²) in [5.74, 6) is 0. The van der Waals surface area contributed by atoms with E-state index in [9.17, 15) is 0 Å². The van der Waals surface area contributed by atoms with Crippen LogP contribution in [0.15, 0.2) is 32.9 Å². The maximum atomic E-state index is 5.08. The molecule has 0 saturated carbocycles. The fraction of sp³-hybridized carbons (Fsp3) is 0.385. The molecule has 0 amide bonds. The van der Waals surface area contributed by atoms with E-state index in [1.54, 1.807) is 12.5 Å². The van der Waals surface area contributed by atoms with E-state index in [0.29, 0.717) is 6.04 Å². The van der Waals surface area contributed by atoms with Gasteiger partial charge in [0.2, 0.25) is 0 Å². The lowest BCUT2D eigenvalue weighted by molar-refractivity contribution is 0.461. The number of hydrogen-bond donors (Lipinski definition) is 1. The van der Waals surface area contributed by atoms with Crippen molar-refractivity contribution in [2.75, 3.05) is 0 Å². The smallest absolute Gasteiger partial charge is 0.0947 e. The van der Waals surface area contributed by atoms with E-state index >= 15 is 0 Å². The van der Waals surface area contributed by atoms with Gasteiger partial charge in [-0.3, -0.25) is 0 Å². The number of nitrogens with one attached hydrogen (secondary N) is 1. The number of aryl methyl sites for hydroxylation is 1. The molecule has 0 saturated heterocycles. The lowest BCUT2D eigenvalue weighted by Gasteiger charge is -2.23. The van der Waals surface area contributed by atoms with Gasteiger partial charge in [-0.1, -0.05) is 0 Å². The van der Waals surface area contributed by atoms with Crippen LogP contribution in [0.5, 0.6) is 0 Å². The van der Waals surface area contributed by atoms with Crippen LogP contribution in [0.2, 0.25) is 0 Å². The third-order valence-corrected chi connectivity index (χ3v) is 4.93. The largest absolute Gasteiger partial charge is 0.472 e. The number of rotatable bonds is 3. The van der Waals surface area contributed by atoms with Crippen molar-refractivity contribution in [3.05, 3.63) is 44.4 Å². The Morgan fingerprint density at radius 2 is 2.47 bits per heavy atom. The molecule has 1 atom stereocenters. The van der Waals surface area contributed by atoms with Gasteiger partial charge in [0, 0.05) is 23.0 Å². The minimum Gasteiger partial charge on any atom is -0.472 e. The van der Waals surface area contributed by atoms with E-state index in [2.05, 4.69) is 27.3 Å². The third-order valence-electron chi connectivity index (χ3n) is 3.22. The van der Waals surface area contributed by atoms with E-state index in [1.807, 2.05) is 17.4 Å². The van der Waals surface area contributed by atoms with Gasteiger partial charge in [0.1, 0.15) is 0 Å². The summed E-state index contributed by atoms with van der Waals surface area (Å²) in [5, 5.41) is 3.62. The molecule has 2 aromatic heterocycles. The van der Waals surface area contributed by atoms with Gasteiger partial charge in [-0.25, -0.2) is 0 Å². The first-order valence-electron chi connectivity index (χ1n) is 5.85. The Hall–Kier alpha value is -0.580. The van der Waals surface area contributed by atoms with Crippen LogP contribution in [0.1, 0.15) is 34.9 Å². The van der Waals surface area contributed by atoms with E-state index in [4.69, 9.17) is 4.42 Å². The van der Waals surface area contributed by atoms with E-state index in [1.165, 1.54) is 39.1 Å². The predicted octanol–water partition coefficient (Wildman–Crippen LogP) is 4.27. The molecule has 1 aliphatic carbocycles. The normalized spacial score (nSPS) is 19.2. The van der Waals surface area contributed by atoms with Crippen molar-refractivity contribution in [1.29, 1.82) is 0 Å². The molecule has 2 aromatic rings. The van der Waals surface area contributed by atoms with Gasteiger partial charge in [0.25, 0.3) is 0 Å². The summed E-state index contributed by atoms with van der Waals surface area (Å²) < 4.78 is 6.33. The van der Waals surface area contributed by atoms with Crippen molar-refractivity contribution in [1.82, 2.24) is 5.32 Å². The summed E-state index contributed by atoms with van der Waals surface area (Å²) in [6, 6.07) is 4.78. The van der Waals surface area contributed by atoms with Crippen molar-refractivity contribution < 1.29 is 4.42 Å². The lowest BCUT2D eigenvalue weighted by Crippen LogP contribution is -2.23. The molecule has 17 heavy (non-hydrogen) atoms. The first kappa shape index (κ1) is 11.5. The number of halogens is 1. The summed E-state index contributed by atoms with van der Waals surface area (Å²) in [7, 11) is 0. The van der Waals surface area contributed by atoms with Gasteiger partial charge in [-0.2, -0.15) is 0 Å². The molecule has 0 fully saturated rings. The summed E-state index contributed by atoms with van der Waals surface area (Å²) in [4.78, 5) is 1.54. The Morgan fingerprint density at radius 1 is 1.53 bits per heavy atom. The first-order chi connectivity index (χ1) is 8.33. The molecule has 0 spiro atoms. The quantitative estimate of drug-likeness (QED) is 0.915. The second kappa shape index (κ2) is 4.96. The maximum absolute atomic E-state index is 5.08. The molecule has 0 bridgehead atoms. The van der Waals surface area contributed by atoms with Gasteiger partial charge in [0.15, 0.2) is 0 Å². The van der Waals surface area contributed by atoms with E-state index < -0.39 is 0 Å². The molecule has 0 aliphatic heterocycles. The van der Waals surface area contributed by atoms with Crippen LogP contribution in [-0.4, -0.2) is 0 Å². The summed E-state index contributed by atoms with van der Waals surface area (Å²) in [5.41, 5.74) is 2.70. The van der Waals surface area contributed by atoms with Crippen LogP contribution >= 0.6 is 27.3 Å². The maximum Gasteiger partial charge on any atom is 0.0947 e. The van der Waals surface area contributed by atoms with Gasteiger partial charge < -0.3 is 9.73 Å². The number of thiophene rings is 1. The fourth-order valence-corrected chi connectivity index (χ4v) is 4.19. The Morgan fingerprint density at radius 3 is 3.29 bits per heavy atom. The Labute approximate surface area is 113 Å². The van der Waals surface area contributed by atoms with Crippen molar-refractivity contribution in [2.45, 2.75) is 31.8 Å². The average molecular weight is 312 g/mol. The van der Waals surface area contributed by atoms with E-state index in [0.717, 1.165) is 6.54 Å². The molecule has 4 heteroatoms. The summed E-state index contributed by atoms with van der Waals surface area (Å²) in [6.45, 7) is 0.883. The molecular formula is C13H14BrNOS. The molecule has 0 aromatic carbocycles. The van der Waals surface area contributed by atoms with Crippen LogP contribution in [0.4, 0.5) is 0 Å². The van der Waals surface area contributed by atoms with Crippen molar-refractivity contribution in [3.8, 4) is 0 Å². The predicted molar refractivity (Wildman–Crippen MR) is 73.2 cm³/mol. The molecule has 3 rings (SSSR count). The second-order valence-electron chi connectivity index (χ2n) is 4.39. The fourth-order valence-electron chi connectivity index (χ4n) is 2.37. The monoisotopic (exact) mass is 311 g/mol. The van der Waals surface area contributed by atoms with Gasteiger partial charge >= 0.3 is 0 Å². The zero-order valence-corrected chi connectivity index (χ0v) is 11.8. The molecule has 1 N–H and O–H groups in total. The summed E-state index contributed by atoms with van der Waals surface area (Å²) in [6.07, 6.45) is 7.28. The van der Waals surface area contributed by atoms with Crippen molar-refractivity contribution in [2.24, 2.45) is 0 Å². The molecule has 0 radical (unpaired) electrons. The topological polar surface area (TPSA) is 25.2 Å². The highest BCUT2D eigenvalue weighted by Crippen LogP contribution is 2.38. The minimum absolute atomic E-state index is 0.496. The second-order valence-corrected chi connectivity index (χ2v) is 6.90. The number of hydrogen-bond acceptors (Lipinski definition) is 3. The van der Waals surface area contributed by atoms with Crippen LogP contribution in [0, 0.1) is 0 Å². The molecule has 1 aliphatic rings. The van der Waals surface area contributed by atoms with Crippen LogP contribution < -0.4 is 5.32 Å². The zero-order chi connectivity index (χ0) is 11.7. The van der Waals surface area contributed by atoms with Crippen molar-refractivity contribution >= 4 is 27.3 Å². The molecule has 2 heterocycles. The standard InChI is InChI=1S/C13H14BrNOS/c14-13-6-10-11(2-1-3-12(10)17-13)15-7-9-4-5-16-8-9/h4-6,8,11,15H,1-3,7H2. The molecule has 1 unspecified atom stereocenters. The van der Waals surface area contributed by atoms with Crippen LogP contribution in [0.25, 0.3) is 0 Å². The SMILES string of the molecule is Brc1cc2c(s1)CCCC2NCc1ccoc1. The Balaban J connectivity index is 1.72. The Kier molecular flexibility index (Phi) is 3.36. The van der Waals surface area contributed by atoms with Crippen molar-refractivity contribution in [3.63, 3.8) is 0 Å². The van der Waals surface area contributed by atoms with Crippen LogP contribution in [-0.2, 0) is 13.0 Å². The molecular weight excluding hydrogens is 298 g/mol. The minimum atomic E-state index is 0.496. The zero-order valence-electron chi connectivity index (χ0n) is 9.41. The Bertz CT molecular complexity index is 491. The summed E-state index contributed by atoms with van der Waals surface area (Å²) >= 11 is 5.46. The highest BCUT2D eigenvalue weighted by Gasteiger charge is 2.22. The van der Waals surface area contributed by atoms with Gasteiger partial charge in [-0.05, 0) is 52.9 Å². The number of fused-ring (bicyclic) bond motifs is 1. The first-order valence-corrected chi connectivity index (χ1v) is 7.46. The van der Waals surface area contributed by atoms with Gasteiger partial charge in [-0.15, -0.1) is 11.3 Å². The van der Waals surface area contributed by atoms with Crippen LogP contribution in [0.3, 0.4) is 0 Å². The highest BCUT2D eigenvalue weighted by molar-refractivity contribution is 9.11. The number of furan rings is 1. The molecule has 2 nitrogen and oxygen atoms in total. The molecule has 90 valence electrons.